The van der Waals surface area contributed by atoms with Gasteiger partial charge in [0.2, 0.25) is 0 Å². The van der Waals surface area contributed by atoms with Crippen molar-refractivity contribution in [1.82, 2.24) is 9.88 Å². The van der Waals surface area contributed by atoms with Crippen LogP contribution in [0.2, 0.25) is 0 Å². The lowest BCUT2D eigenvalue weighted by Crippen LogP contribution is -2.28. The highest BCUT2D eigenvalue weighted by Crippen LogP contribution is 2.31. The van der Waals surface area contributed by atoms with Crippen molar-refractivity contribution in [2.24, 2.45) is 0 Å². The van der Waals surface area contributed by atoms with Gasteiger partial charge in [-0.1, -0.05) is 12.1 Å². The molecule has 0 spiro atoms. The van der Waals surface area contributed by atoms with Gasteiger partial charge in [-0.15, -0.1) is 0 Å². The first-order valence-electron chi connectivity index (χ1n) is 5.91. The van der Waals surface area contributed by atoms with E-state index in [0.29, 0.717) is 6.04 Å². The second kappa shape index (κ2) is 3.36. The Labute approximate surface area is 96.3 Å². The maximum atomic E-state index is 3.58. The molecule has 1 heterocycles. The van der Waals surface area contributed by atoms with Gasteiger partial charge in [0.1, 0.15) is 0 Å². The molecular weight excluding hydrogens is 196 g/mol. The lowest BCUT2D eigenvalue weighted by atomic mass is 10.1. The fourth-order valence-electron chi connectivity index (χ4n) is 2.74. The first-order valence-corrected chi connectivity index (χ1v) is 5.91. The number of aryl methyl sites for hydroxylation is 1. The standard InChI is InChI=1S/C14H18N2/c1-9-4-5-11-12-7-10(16(2)3)8-14(12)15-13(11)6-9/h4-6,10,15H,7-8H2,1-3H3. The Bertz CT molecular complexity index is 537. The lowest BCUT2D eigenvalue weighted by Gasteiger charge is -2.18. The number of aromatic nitrogens is 1. The van der Waals surface area contributed by atoms with Crippen LogP contribution < -0.4 is 0 Å². The van der Waals surface area contributed by atoms with Crippen LogP contribution >= 0.6 is 0 Å². The van der Waals surface area contributed by atoms with E-state index in [1.165, 1.54) is 34.1 Å². The highest BCUT2D eigenvalue weighted by molar-refractivity contribution is 5.86. The molecular formula is C14H18N2. The summed E-state index contributed by atoms with van der Waals surface area (Å²) in [6.07, 6.45) is 2.35. The van der Waals surface area contributed by atoms with E-state index in [1.54, 1.807) is 0 Å². The van der Waals surface area contributed by atoms with Crippen molar-refractivity contribution < 1.29 is 0 Å². The van der Waals surface area contributed by atoms with Crippen LogP contribution in [0.4, 0.5) is 0 Å². The largest absolute Gasteiger partial charge is 0.358 e. The summed E-state index contributed by atoms with van der Waals surface area (Å²) in [6.45, 7) is 2.15. The van der Waals surface area contributed by atoms with Crippen LogP contribution in [0.1, 0.15) is 16.8 Å². The molecule has 1 aliphatic rings. The van der Waals surface area contributed by atoms with Crippen LogP contribution in [0.3, 0.4) is 0 Å². The summed E-state index contributed by atoms with van der Waals surface area (Å²) in [4.78, 5) is 5.90. The Balaban J connectivity index is 2.08. The van der Waals surface area contributed by atoms with Gasteiger partial charge in [0, 0.05) is 29.1 Å². The predicted octanol–water partition coefficient (Wildman–Crippen LogP) is 2.51. The first-order chi connectivity index (χ1) is 7.65. The fraction of sp³-hybridized carbons (Fsp3) is 0.429. The minimum atomic E-state index is 0.673. The van der Waals surface area contributed by atoms with Crippen molar-refractivity contribution in [1.29, 1.82) is 0 Å². The van der Waals surface area contributed by atoms with Crippen LogP contribution in [0.5, 0.6) is 0 Å². The molecule has 0 radical (unpaired) electrons. The Kier molecular flexibility index (Phi) is 2.08. The number of benzene rings is 1. The van der Waals surface area contributed by atoms with E-state index in [1.807, 2.05) is 0 Å². The first kappa shape index (κ1) is 9.91. The van der Waals surface area contributed by atoms with Gasteiger partial charge in [-0.25, -0.2) is 0 Å². The number of hydrogen-bond donors (Lipinski definition) is 1. The smallest absolute Gasteiger partial charge is 0.0461 e. The third kappa shape index (κ3) is 1.37. The number of nitrogens with zero attached hydrogens (tertiary/aromatic N) is 1. The van der Waals surface area contributed by atoms with Crippen LogP contribution in [0, 0.1) is 6.92 Å². The minimum Gasteiger partial charge on any atom is -0.358 e. The van der Waals surface area contributed by atoms with Gasteiger partial charge in [0.25, 0.3) is 0 Å². The number of nitrogens with one attached hydrogen (secondary N) is 1. The van der Waals surface area contributed by atoms with E-state index < -0.39 is 0 Å². The van der Waals surface area contributed by atoms with Crippen LogP contribution in [0.15, 0.2) is 18.2 Å². The van der Waals surface area contributed by atoms with Gasteiger partial charge >= 0.3 is 0 Å². The van der Waals surface area contributed by atoms with E-state index in [2.05, 4.69) is 49.1 Å². The summed E-state index contributed by atoms with van der Waals surface area (Å²) >= 11 is 0. The van der Waals surface area contributed by atoms with Gasteiger partial charge in [0.15, 0.2) is 0 Å². The van der Waals surface area contributed by atoms with Crippen LogP contribution in [-0.2, 0) is 12.8 Å². The molecule has 3 rings (SSSR count). The molecule has 84 valence electrons. The van der Waals surface area contributed by atoms with Gasteiger partial charge in [-0.3, -0.25) is 0 Å². The predicted molar refractivity (Wildman–Crippen MR) is 67.9 cm³/mol. The molecule has 0 aliphatic heterocycles. The molecule has 16 heavy (non-hydrogen) atoms. The maximum absolute atomic E-state index is 3.58. The quantitative estimate of drug-likeness (QED) is 0.772. The third-order valence-electron chi connectivity index (χ3n) is 3.76. The van der Waals surface area contributed by atoms with Gasteiger partial charge in [-0.05, 0) is 44.6 Å². The summed E-state index contributed by atoms with van der Waals surface area (Å²) in [5, 5.41) is 1.42. The van der Waals surface area contributed by atoms with E-state index >= 15 is 0 Å². The molecule has 0 saturated carbocycles. The summed E-state index contributed by atoms with van der Waals surface area (Å²) in [5.41, 5.74) is 5.62. The van der Waals surface area contributed by atoms with Crippen molar-refractivity contribution >= 4 is 10.9 Å². The van der Waals surface area contributed by atoms with Gasteiger partial charge in [0.05, 0.1) is 0 Å². The monoisotopic (exact) mass is 214 g/mol. The zero-order valence-corrected chi connectivity index (χ0v) is 10.2. The zero-order valence-electron chi connectivity index (χ0n) is 10.2. The van der Waals surface area contributed by atoms with E-state index in [9.17, 15) is 0 Å². The van der Waals surface area contributed by atoms with Crippen molar-refractivity contribution in [2.75, 3.05) is 14.1 Å². The van der Waals surface area contributed by atoms with Crippen molar-refractivity contribution in [3.05, 3.63) is 35.0 Å². The van der Waals surface area contributed by atoms with E-state index in [0.717, 1.165) is 6.42 Å². The number of rotatable bonds is 1. The van der Waals surface area contributed by atoms with Crippen LogP contribution in [-0.4, -0.2) is 30.0 Å². The molecule has 1 aliphatic carbocycles. The molecule has 0 saturated heterocycles. The number of H-pyrrole nitrogens is 1. The molecule has 2 aromatic rings. The molecule has 1 aromatic carbocycles. The number of aromatic amines is 1. The molecule has 1 N–H and O–H groups in total. The third-order valence-corrected chi connectivity index (χ3v) is 3.76. The van der Waals surface area contributed by atoms with Crippen molar-refractivity contribution in [3.63, 3.8) is 0 Å². The normalized spacial score (nSPS) is 19.6. The highest BCUT2D eigenvalue weighted by Gasteiger charge is 2.26. The summed E-state index contributed by atoms with van der Waals surface area (Å²) in [6, 6.07) is 7.39. The highest BCUT2D eigenvalue weighted by atomic mass is 15.1. The number of hydrogen-bond acceptors (Lipinski definition) is 1. The zero-order chi connectivity index (χ0) is 11.3. The molecule has 1 atom stereocenters. The van der Waals surface area contributed by atoms with Crippen molar-refractivity contribution in [2.45, 2.75) is 25.8 Å². The summed E-state index contributed by atoms with van der Waals surface area (Å²) in [5.74, 6) is 0. The van der Waals surface area contributed by atoms with Gasteiger partial charge < -0.3 is 9.88 Å². The maximum Gasteiger partial charge on any atom is 0.0461 e. The summed E-state index contributed by atoms with van der Waals surface area (Å²) in [7, 11) is 4.34. The molecule has 0 amide bonds. The molecule has 2 nitrogen and oxygen atoms in total. The second-order valence-corrected chi connectivity index (χ2v) is 5.16. The molecule has 1 unspecified atom stereocenters. The molecule has 0 bridgehead atoms. The van der Waals surface area contributed by atoms with E-state index in [4.69, 9.17) is 0 Å². The Morgan fingerprint density at radius 2 is 2.06 bits per heavy atom. The van der Waals surface area contributed by atoms with Gasteiger partial charge in [-0.2, -0.15) is 0 Å². The molecule has 1 aromatic heterocycles. The number of likely N-dealkylation sites (N-methyl/N-ethyl adjacent to an activating group) is 1. The molecule has 0 fully saturated rings. The SMILES string of the molecule is Cc1ccc2c3c([nH]c2c1)CC(N(C)C)C3. The average Bonchev–Trinajstić information content (AvgIpc) is 2.73. The lowest BCUT2D eigenvalue weighted by molar-refractivity contribution is 0.303. The van der Waals surface area contributed by atoms with Crippen molar-refractivity contribution in [3.8, 4) is 0 Å². The fourth-order valence-corrected chi connectivity index (χ4v) is 2.74. The Hall–Kier alpha value is -1.28. The Morgan fingerprint density at radius 3 is 2.81 bits per heavy atom. The number of fused-ring (bicyclic) bond motifs is 3. The second-order valence-electron chi connectivity index (χ2n) is 5.16. The molecule has 2 heteroatoms. The topological polar surface area (TPSA) is 19.0 Å². The Morgan fingerprint density at radius 1 is 1.25 bits per heavy atom. The van der Waals surface area contributed by atoms with E-state index in [-0.39, 0.29) is 0 Å². The average molecular weight is 214 g/mol. The minimum absolute atomic E-state index is 0.673. The van der Waals surface area contributed by atoms with Crippen LogP contribution in [0.25, 0.3) is 10.9 Å². The summed E-state index contributed by atoms with van der Waals surface area (Å²) < 4.78 is 0.